The summed E-state index contributed by atoms with van der Waals surface area (Å²) < 4.78 is 13.1. The van der Waals surface area contributed by atoms with E-state index in [0.29, 0.717) is 0 Å². The first-order chi connectivity index (χ1) is 10.2. The zero-order chi connectivity index (χ0) is 14.8. The van der Waals surface area contributed by atoms with Crippen molar-refractivity contribution in [2.45, 2.75) is 13.5 Å². The minimum Gasteiger partial charge on any atom is -0.497 e. The molecule has 0 aliphatic rings. The fraction of sp³-hybridized carbons (Fsp3) is 0.222. The fourth-order valence-electron chi connectivity index (χ4n) is 2.63. The summed E-state index contributed by atoms with van der Waals surface area (Å²) in [5, 5.41) is 1.10. The molecule has 3 rings (SSSR count). The number of hydrogen-bond acceptors (Lipinski definition) is 2. The second-order valence-electron chi connectivity index (χ2n) is 5.13. The third kappa shape index (κ3) is 2.47. The molecule has 2 aromatic carbocycles. The maximum atomic E-state index is 5.46. The van der Waals surface area contributed by atoms with E-state index in [1.54, 1.807) is 14.2 Å². The SMILES string of the molecule is COc1cc(OC)c2ccn(Cc3ccccc3C)c2c1. The average Bonchev–Trinajstić information content (AvgIpc) is 2.91. The van der Waals surface area contributed by atoms with E-state index < -0.39 is 0 Å². The lowest BCUT2D eigenvalue weighted by molar-refractivity contribution is 0.398. The number of nitrogens with zero attached hydrogens (tertiary/aromatic N) is 1. The number of aromatic nitrogens is 1. The predicted octanol–water partition coefficient (Wildman–Crippen LogP) is 4.02. The summed E-state index contributed by atoms with van der Waals surface area (Å²) in [7, 11) is 3.36. The van der Waals surface area contributed by atoms with E-state index in [4.69, 9.17) is 9.47 Å². The van der Waals surface area contributed by atoms with Gasteiger partial charge in [0.05, 0.1) is 19.7 Å². The van der Waals surface area contributed by atoms with Crippen molar-refractivity contribution in [1.82, 2.24) is 4.57 Å². The van der Waals surface area contributed by atoms with Crippen LogP contribution in [-0.2, 0) is 6.54 Å². The Labute approximate surface area is 124 Å². The normalized spacial score (nSPS) is 10.8. The van der Waals surface area contributed by atoms with E-state index >= 15 is 0 Å². The number of aryl methyl sites for hydroxylation is 1. The van der Waals surface area contributed by atoms with E-state index in [-0.39, 0.29) is 0 Å². The number of methoxy groups -OCH3 is 2. The number of fused-ring (bicyclic) bond motifs is 1. The van der Waals surface area contributed by atoms with Crippen LogP contribution in [0.2, 0.25) is 0 Å². The molecule has 0 saturated heterocycles. The molecule has 1 heterocycles. The third-order valence-electron chi connectivity index (χ3n) is 3.88. The van der Waals surface area contributed by atoms with Crippen molar-refractivity contribution in [2.24, 2.45) is 0 Å². The first kappa shape index (κ1) is 13.6. The smallest absolute Gasteiger partial charge is 0.131 e. The zero-order valence-electron chi connectivity index (χ0n) is 12.6. The molecule has 21 heavy (non-hydrogen) atoms. The summed E-state index contributed by atoms with van der Waals surface area (Å²) in [4.78, 5) is 0. The van der Waals surface area contributed by atoms with Crippen molar-refractivity contribution >= 4 is 10.9 Å². The van der Waals surface area contributed by atoms with Crippen LogP contribution in [0.5, 0.6) is 11.5 Å². The Bertz CT molecular complexity index is 774. The van der Waals surface area contributed by atoms with Gasteiger partial charge in [-0.3, -0.25) is 0 Å². The van der Waals surface area contributed by atoms with Crippen molar-refractivity contribution in [3.63, 3.8) is 0 Å². The molecule has 0 fully saturated rings. The monoisotopic (exact) mass is 281 g/mol. The van der Waals surface area contributed by atoms with Crippen LogP contribution in [0, 0.1) is 6.92 Å². The summed E-state index contributed by atoms with van der Waals surface area (Å²) in [6.45, 7) is 2.98. The topological polar surface area (TPSA) is 23.4 Å². The minimum absolute atomic E-state index is 0.809. The van der Waals surface area contributed by atoms with Crippen LogP contribution in [0.4, 0.5) is 0 Å². The maximum Gasteiger partial charge on any atom is 0.131 e. The van der Waals surface area contributed by atoms with Gasteiger partial charge < -0.3 is 14.0 Å². The van der Waals surface area contributed by atoms with Gasteiger partial charge in [-0.15, -0.1) is 0 Å². The lowest BCUT2D eigenvalue weighted by Gasteiger charge is -2.11. The largest absolute Gasteiger partial charge is 0.497 e. The van der Waals surface area contributed by atoms with Crippen LogP contribution >= 0.6 is 0 Å². The first-order valence-corrected chi connectivity index (χ1v) is 6.98. The number of hydrogen-bond donors (Lipinski definition) is 0. The first-order valence-electron chi connectivity index (χ1n) is 6.98. The molecule has 0 amide bonds. The van der Waals surface area contributed by atoms with Gasteiger partial charge in [0.1, 0.15) is 11.5 Å². The molecular formula is C18H19NO2. The van der Waals surface area contributed by atoms with Gasteiger partial charge in [0.2, 0.25) is 0 Å². The van der Waals surface area contributed by atoms with Crippen molar-refractivity contribution < 1.29 is 9.47 Å². The summed E-state index contributed by atoms with van der Waals surface area (Å²) in [6.07, 6.45) is 2.10. The molecular weight excluding hydrogens is 262 g/mol. The minimum atomic E-state index is 0.809. The van der Waals surface area contributed by atoms with Crippen LogP contribution in [0.15, 0.2) is 48.7 Å². The Hall–Kier alpha value is -2.42. The van der Waals surface area contributed by atoms with E-state index in [1.165, 1.54) is 11.1 Å². The third-order valence-corrected chi connectivity index (χ3v) is 3.88. The van der Waals surface area contributed by atoms with Crippen LogP contribution in [-0.4, -0.2) is 18.8 Å². The van der Waals surface area contributed by atoms with Gasteiger partial charge in [0.15, 0.2) is 0 Å². The van der Waals surface area contributed by atoms with E-state index in [0.717, 1.165) is 28.9 Å². The van der Waals surface area contributed by atoms with Crippen LogP contribution < -0.4 is 9.47 Å². The Morgan fingerprint density at radius 3 is 2.52 bits per heavy atom. The molecule has 0 atom stereocenters. The molecule has 0 radical (unpaired) electrons. The fourth-order valence-corrected chi connectivity index (χ4v) is 2.63. The lowest BCUT2D eigenvalue weighted by Crippen LogP contribution is -2.00. The molecule has 108 valence electrons. The summed E-state index contributed by atoms with van der Waals surface area (Å²) in [6, 6.07) is 14.5. The molecule has 0 saturated carbocycles. The Morgan fingerprint density at radius 2 is 1.81 bits per heavy atom. The molecule has 1 aromatic heterocycles. The molecule has 3 nitrogen and oxygen atoms in total. The molecule has 0 unspecified atom stereocenters. The van der Waals surface area contributed by atoms with Crippen LogP contribution in [0.1, 0.15) is 11.1 Å². The Morgan fingerprint density at radius 1 is 1.00 bits per heavy atom. The van der Waals surface area contributed by atoms with Crippen molar-refractivity contribution in [1.29, 1.82) is 0 Å². The van der Waals surface area contributed by atoms with Crippen LogP contribution in [0.25, 0.3) is 10.9 Å². The molecule has 0 bridgehead atoms. The van der Waals surface area contributed by atoms with Gasteiger partial charge in [0.25, 0.3) is 0 Å². The van der Waals surface area contributed by atoms with Gasteiger partial charge in [-0.05, 0) is 24.1 Å². The van der Waals surface area contributed by atoms with E-state index in [2.05, 4.69) is 54.1 Å². The lowest BCUT2D eigenvalue weighted by atomic mass is 10.1. The number of benzene rings is 2. The summed E-state index contributed by atoms with van der Waals surface area (Å²) >= 11 is 0. The highest BCUT2D eigenvalue weighted by Crippen LogP contribution is 2.32. The zero-order valence-corrected chi connectivity index (χ0v) is 12.6. The van der Waals surface area contributed by atoms with Crippen molar-refractivity contribution in [2.75, 3.05) is 14.2 Å². The van der Waals surface area contributed by atoms with Gasteiger partial charge in [-0.1, -0.05) is 24.3 Å². The van der Waals surface area contributed by atoms with Gasteiger partial charge in [-0.25, -0.2) is 0 Å². The second-order valence-corrected chi connectivity index (χ2v) is 5.13. The van der Waals surface area contributed by atoms with Crippen molar-refractivity contribution in [3.8, 4) is 11.5 Å². The molecule has 0 N–H and O–H groups in total. The quantitative estimate of drug-likeness (QED) is 0.721. The molecule has 3 aromatic rings. The number of rotatable bonds is 4. The summed E-state index contributed by atoms with van der Waals surface area (Å²) in [5.41, 5.74) is 3.74. The highest BCUT2D eigenvalue weighted by atomic mass is 16.5. The predicted molar refractivity (Wildman–Crippen MR) is 85.3 cm³/mol. The maximum absolute atomic E-state index is 5.46. The average molecular weight is 281 g/mol. The van der Waals surface area contributed by atoms with Crippen LogP contribution in [0.3, 0.4) is 0 Å². The number of ether oxygens (including phenoxy) is 2. The Balaban J connectivity index is 2.09. The highest BCUT2D eigenvalue weighted by Gasteiger charge is 2.10. The van der Waals surface area contributed by atoms with E-state index in [9.17, 15) is 0 Å². The standard InChI is InChI=1S/C18H19NO2/c1-13-6-4-5-7-14(13)12-19-9-8-16-17(19)10-15(20-2)11-18(16)21-3/h4-11H,12H2,1-3H3. The summed E-state index contributed by atoms with van der Waals surface area (Å²) in [5.74, 6) is 1.65. The second kappa shape index (κ2) is 5.52. The molecule has 0 aliphatic carbocycles. The van der Waals surface area contributed by atoms with E-state index in [1.807, 2.05) is 6.07 Å². The molecule has 0 spiro atoms. The molecule has 3 heteroatoms. The van der Waals surface area contributed by atoms with Gasteiger partial charge in [0, 0.05) is 30.3 Å². The Kier molecular flexibility index (Phi) is 3.57. The van der Waals surface area contributed by atoms with Gasteiger partial charge >= 0.3 is 0 Å². The molecule has 0 aliphatic heterocycles. The highest BCUT2D eigenvalue weighted by molar-refractivity contribution is 5.88. The van der Waals surface area contributed by atoms with Crippen molar-refractivity contribution in [3.05, 3.63) is 59.8 Å². The van der Waals surface area contributed by atoms with Gasteiger partial charge in [-0.2, -0.15) is 0 Å².